The number of hydrogen-bond donors (Lipinski definition) is 2. The highest BCUT2D eigenvalue weighted by Crippen LogP contribution is 2.35. The van der Waals surface area contributed by atoms with Crippen LogP contribution in [0.15, 0.2) is 24.3 Å². The molecule has 1 fully saturated rings. The van der Waals surface area contributed by atoms with Gasteiger partial charge in [-0.15, -0.1) is 0 Å². The molecular weight excluding hydrogens is 254 g/mol. The Morgan fingerprint density at radius 1 is 1.35 bits per heavy atom. The topological polar surface area (TPSA) is 66.4 Å². The third-order valence-electron chi connectivity index (χ3n) is 3.93. The highest BCUT2D eigenvalue weighted by Gasteiger charge is 2.40. The number of carboxylic acid groups (broad SMARTS) is 1. The Balaban J connectivity index is 1.84. The van der Waals surface area contributed by atoms with E-state index in [-0.39, 0.29) is 12.3 Å². The second-order valence-electron chi connectivity index (χ2n) is 5.74. The lowest BCUT2D eigenvalue weighted by Crippen LogP contribution is -2.54. The van der Waals surface area contributed by atoms with Crippen LogP contribution >= 0.6 is 0 Å². The molecule has 1 aliphatic rings. The molecule has 1 amide bonds. The van der Waals surface area contributed by atoms with Crippen molar-refractivity contribution in [3.63, 3.8) is 0 Å². The van der Waals surface area contributed by atoms with Gasteiger partial charge in [-0.1, -0.05) is 29.8 Å². The summed E-state index contributed by atoms with van der Waals surface area (Å²) in [5, 5.41) is 11.8. The van der Waals surface area contributed by atoms with Crippen molar-refractivity contribution in [1.29, 1.82) is 0 Å². The lowest BCUT2D eigenvalue weighted by atomic mass is 9.74. The summed E-state index contributed by atoms with van der Waals surface area (Å²) in [6.45, 7) is 2.03. The van der Waals surface area contributed by atoms with Gasteiger partial charge in [0.25, 0.3) is 0 Å². The minimum absolute atomic E-state index is 0.0309. The van der Waals surface area contributed by atoms with Crippen molar-refractivity contribution >= 4 is 11.9 Å². The van der Waals surface area contributed by atoms with Gasteiger partial charge in [0.05, 0.1) is 12.0 Å². The van der Waals surface area contributed by atoms with Crippen LogP contribution in [0, 0.1) is 6.92 Å². The fourth-order valence-electron chi connectivity index (χ4n) is 2.72. The van der Waals surface area contributed by atoms with Crippen LogP contribution in [0.25, 0.3) is 0 Å². The number of aliphatic carboxylic acids is 1. The smallest absolute Gasteiger partial charge is 0.305 e. The Kier molecular flexibility index (Phi) is 4.42. The van der Waals surface area contributed by atoms with E-state index in [1.165, 1.54) is 5.56 Å². The van der Waals surface area contributed by atoms with Gasteiger partial charge in [-0.05, 0) is 38.2 Å². The summed E-state index contributed by atoms with van der Waals surface area (Å²) in [5.41, 5.74) is 1.83. The van der Waals surface area contributed by atoms with Gasteiger partial charge < -0.3 is 10.4 Å². The van der Waals surface area contributed by atoms with Gasteiger partial charge in [-0.2, -0.15) is 0 Å². The molecule has 0 saturated heterocycles. The van der Waals surface area contributed by atoms with Crippen LogP contribution in [-0.4, -0.2) is 22.5 Å². The average molecular weight is 275 g/mol. The summed E-state index contributed by atoms with van der Waals surface area (Å²) in [7, 11) is 0. The van der Waals surface area contributed by atoms with Crippen LogP contribution in [0.2, 0.25) is 0 Å². The van der Waals surface area contributed by atoms with E-state index >= 15 is 0 Å². The predicted molar refractivity (Wildman–Crippen MR) is 76.5 cm³/mol. The molecule has 0 bridgehead atoms. The lowest BCUT2D eigenvalue weighted by molar-refractivity contribution is -0.140. The maximum absolute atomic E-state index is 12.0. The van der Waals surface area contributed by atoms with Crippen LogP contribution in [0.1, 0.15) is 43.2 Å². The quantitative estimate of drug-likeness (QED) is 0.838. The number of carbonyl (C=O) groups excluding carboxylic acids is 1. The normalized spacial score (nSPS) is 16.2. The number of carbonyl (C=O) groups is 2. The fourth-order valence-corrected chi connectivity index (χ4v) is 2.72. The first-order valence-corrected chi connectivity index (χ1v) is 7.07. The summed E-state index contributed by atoms with van der Waals surface area (Å²) < 4.78 is 0. The summed E-state index contributed by atoms with van der Waals surface area (Å²) in [6.07, 6.45) is 3.67. The highest BCUT2D eigenvalue weighted by atomic mass is 16.4. The monoisotopic (exact) mass is 275 g/mol. The van der Waals surface area contributed by atoms with Crippen LogP contribution in [-0.2, 0) is 16.0 Å². The Labute approximate surface area is 119 Å². The van der Waals surface area contributed by atoms with E-state index in [4.69, 9.17) is 5.11 Å². The first-order valence-electron chi connectivity index (χ1n) is 7.07. The molecule has 2 rings (SSSR count). The summed E-state index contributed by atoms with van der Waals surface area (Å²) in [4.78, 5) is 22.8. The number of aryl methyl sites for hydroxylation is 2. The first-order chi connectivity index (χ1) is 9.49. The molecule has 1 aliphatic carbocycles. The number of amides is 1. The van der Waals surface area contributed by atoms with Gasteiger partial charge in [0.15, 0.2) is 0 Å². The molecule has 2 N–H and O–H groups in total. The van der Waals surface area contributed by atoms with Crippen LogP contribution in [0.5, 0.6) is 0 Å². The van der Waals surface area contributed by atoms with Crippen molar-refractivity contribution in [2.45, 2.75) is 51.0 Å². The van der Waals surface area contributed by atoms with Gasteiger partial charge in [0.1, 0.15) is 0 Å². The van der Waals surface area contributed by atoms with E-state index in [1.54, 1.807) is 0 Å². The van der Waals surface area contributed by atoms with Crippen molar-refractivity contribution < 1.29 is 14.7 Å². The van der Waals surface area contributed by atoms with Gasteiger partial charge >= 0.3 is 5.97 Å². The second-order valence-corrected chi connectivity index (χ2v) is 5.74. The van der Waals surface area contributed by atoms with E-state index < -0.39 is 11.5 Å². The average Bonchev–Trinajstić information content (AvgIpc) is 2.33. The molecule has 1 saturated carbocycles. The van der Waals surface area contributed by atoms with Crippen molar-refractivity contribution in [1.82, 2.24) is 5.32 Å². The zero-order chi connectivity index (χ0) is 14.6. The fraction of sp³-hybridized carbons (Fsp3) is 0.500. The maximum Gasteiger partial charge on any atom is 0.305 e. The molecule has 108 valence electrons. The minimum atomic E-state index is -0.844. The molecule has 0 unspecified atom stereocenters. The number of nitrogens with one attached hydrogen (secondary N) is 1. The molecule has 0 radical (unpaired) electrons. The van der Waals surface area contributed by atoms with E-state index in [0.717, 1.165) is 24.8 Å². The third-order valence-corrected chi connectivity index (χ3v) is 3.93. The maximum atomic E-state index is 12.0. The van der Waals surface area contributed by atoms with Gasteiger partial charge in [-0.25, -0.2) is 0 Å². The number of rotatable bonds is 6. The molecule has 0 heterocycles. The van der Waals surface area contributed by atoms with Crippen molar-refractivity contribution in [2.75, 3.05) is 0 Å². The van der Waals surface area contributed by atoms with Gasteiger partial charge in [0.2, 0.25) is 5.91 Å². The molecule has 1 aromatic carbocycles. The van der Waals surface area contributed by atoms with Crippen molar-refractivity contribution in [2.24, 2.45) is 0 Å². The standard InChI is InChI=1S/C16H21NO3/c1-12-4-2-5-13(10-12)6-7-14(18)17-16(8-3-9-16)11-15(19)20/h2,4-5,10H,3,6-9,11H2,1H3,(H,17,18)(H,19,20). The highest BCUT2D eigenvalue weighted by molar-refractivity contribution is 5.78. The first kappa shape index (κ1) is 14.6. The van der Waals surface area contributed by atoms with Crippen LogP contribution in [0.4, 0.5) is 0 Å². The Morgan fingerprint density at radius 3 is 2.65 bits per heavy atom. The molecule has 0 atom stereocenters. The van der Waals surface area contributed by atoms with Crippen molar-refractivity contribution in [3.8, 4) is 0 Å². The number of hydrogen-bond acceptors (Lipinski definition) is 2. The number of benzene rings is 1. The molecule has 1 aromatic rings. The van der Waals surface area contributed by atoms with Gasteiger partial charge in [0, 0.05) is 6.42 Å². The summed E-state index contributed by atoms with van der Waals surface area (Å²) in [6, 6.07) is 8.10. The predicted octanol–water partition coefficient (Wildman–Crippen LogP) is 2.44. The Bertz CT molecular complexity index is 506. The Morgan fingerprint density at radius 2 is 2.10 bits per heavy atom. The summed E-state index contributed by atoms with van der Waals surface area (Å²) >= 11 is 0. The molecular formula is C16H21NO3. The molecule has 20 heavy (non-hydrogen) atoms. The van der Waals surface area contributed by atoms with Crippen LogP contribution in [0.3, 0.4) is 0 Å². The zero-order valence-corrected chi connectivity index (χ0v) is 11.8. The molecule has 0 spiro atoms. The zero-order valence-electron chi connectivity index (χ0n) is 11.8. The van der Waals surface area contributed by atoms with E-state index in [1.807, 2.05) is 25.1 Å². The van der Waals surface area contributed by atoms with Crippen LogP contribution < -0.4 is 5.32 Å². The number of carboxylic acids is 1. The molecule has 0 aliphatic heterocycles. The van der Waals surface area contributed by atoms with Crippen molar-refractivity contribution in [3.05, 3.63) is 35.4 Å². The molecule has 4 nitrogen and oxygen atoms in total. The summed E-state index contributed by atoms with van der Waals surface area (Å²) in [5.74, 6) is -0.892. The lowest BCUT2D eigenvalue weighted by Gasteiger charge is -2.41. The van der Waals surface area contributed by atoms with E-state index in [0.29, 0.717) is 12.8 Å². The molecule has 0 aromatic heterocycles. The SMILES string of the molecule is Cc1cccc(CCC(=O)NC2(CC(=O)O)CCC2)c1. The Hall–Kier alpha value is -1.84. The largest absolute Gasteiger partial charge is 0.481 e. The third kappa shape index (κ3) is 3.83. The van der Waals surface area contributed by atoms with E-state index in [2.05, 4.69) is 11.4 Å². The molecule has 4 heteroatoms. The second kappa shape index (κ2) is 6.07. The minimum Gasteiger partial charge on any atom is -0.481 e. The van der Waals surface area contributed by atoms with Gasteiger partial charge in [-0.3, -0.25) is 9.59 Å². The van der Waals surface area contributed by atoms with E-state index in [9.17, 15) is 9.59 Å².